The Labute approximate surface area is 70.5 Å². The molecule has 65 valence electrons. The minimum atomic E-state index is -0.416. The van der Waals surface area contributed by atoms with Crippen molar-refractivity contribution in [2.45, 2.75) is 19.9 Å². The van der Waals surface area contributed by atoms with Crippen LogP contribution in [0.25, 0.3) is 0 Å². The lowest BCUT2D eigenvalue weighted by Crippen LogP contribution is -2.14. The van der Waals surface area contributed by atoms with Gasteiger partial charge in [0.2, 0.25) is 0 Å². The van der Waals surface area contributed by atoms with Gasteiger partial charge in [-0.05, 0) is 20.3 Å². The Morgan fingerprint density at radius 3 is 2.92 bits per heavy atom. The predicted octanol–water partition coefficient (Wildman–Crippen LogP) is 0.925. The summed E-state index contributed by atoms with van der Waals surface area (Å²) >= 11 is 0. The highest BCUT2D eigenvalue weighted by molar-refractivity contribution is 4.87. The molecule has 1 aromatic heterocycles. The Kier molecular flexibility index (Phi) is 2.85. The average molecular weight is 167 g/mol. The van der Waals surface area contributed by atoms with Crippen molar-refractivity contribution in [2.24, 2.45) is 0 Å². The van der Waals surface area contributed by atoms with Crippen LogP contribution in [-0.4, -0.2) is 9.72 Å². The van der Waals surface area contributed by atoms with Crippen LogP contribution < -0.4 is 5.76 Å². The first kappa shape index (κ1) is 8.77. The smallest absolute Gasteiger partial charge is 0.296 e. The van der Waals surface area contributed by atoms with E-state index in [-0.39, 0.29) is 0 Å². The number of hydrogen-bond donors (Lipinski definition) is 0. The number of hydrogen-bond acceptors (Lipinski definition) is 3. The maximum absolute atomic E-state index is 10.9. The lowest BCUT2D eigenvalue weighted by Gasteiger charge is -1.93. The molecule has 1 radical (unpaired) electrons. The monoisotopic (exact) mass is 167 g/mol. The van der Waals surface area contributed by atoms with Crippen molar-refractivity contribution in [3.05, 3.63) is 35.5 Å². The van der Waals surface area contributed by atoms with Crippen LogP contribution in [0.3, 0.4) is 0 Å². The van der Waals surface area contributed by atoms with Crippen LogP contribution in [0.4, 0.5) is 0 Å². The van der Waals surface area contributed by atoms with Crippen LogP contribution in [-0.2, 0) is 6.54 Å². The van der Waals surface area contributed by atoms with Crippen LogP contribution in [0.5, 0.6) is 0 Å². The average Bonchev–Trinajstić information content (AvgIpc) is 2.35. The van der Waals surface area contributed by atoms with E-state index in [0.717, 1.165) is 6.42 Å². The standard InChI is InChI=1S/C8H11N2O2/c1-3-4-5-6-10-7(2)9-12-8(10)11/h4-5H,1,3,6H2,2H3/b5-4-. The third-order valence-corrected chi connectivity index (χ3v) is 1.49. The van der Waals surface area contributed by atoms with E-state index in [1.54, 1.807) is 6.92 Å². The fourth-order valence-electron chi connectivity index (χ4n) is 0.840. The molecule has 0 spiro atoms. The van der Waals surface area contributed by atoms with Crippen molar-refractivity contribution in [2.75, 3.05) is 0 Å². The molecule has 0 atom stereocenters. The molecule has 1 aromatic rings. The van der Waals surface area contributed by atoms with Gasteiger partial charge in [-0.2, -0.15) is 0 Å². The third kappa shape index (κ3) is 1.84. The maximum Gasteiger partial charge on any atom is 0.441 e. The topological polar surface area (TPSA) is 48.0 Å². The molecule has 0 N–H and O–H groups in total. The van der Waals surface area contributed by atoms with Crippen LogP contribution >= 0.6 is 0 Å². The highest BCUT2D eigenvalue weighted by Crippen LogP contribution is 1.90. The zero-order valence-electron chi connectivity index (χ0n) is 6.99. The Bertz CT molecular complexity index is 322. The van der Waals surface area contributed by atoms with Crippen LogP contribution in [0.15, 0.2) is 21.5 Å². The van der Waals surface area contributed by atoms with E-state index >= 15 is 0 Å². The van der Waals surface area contributed by atoms with Gasteiger partial charge in [-0.3, -0.25) is 9.09 Å². The summed E-state index contributed by atoms with van der Waals surface area (Å²) in [7, 11) is 0. The van der Waals surface area contributed by atoms with Gasteiger partial charge in [0, 0.05) is 6.54 Å². The second-order valence-corrected chi connectivity index (χ2v) is 2.37. The van der Waals surface area contributed by atoms with E-state index in [4.69, 9.17) is 0 Å². The molecule has 12 heavy (non-hydrogen) atoms. The molecule has 1 rings (SSSR count). The van der Waals surface area contributed by atoms with Gasteiger partial charge in [0.15, 0.2) is 5.82 Å². The molecule has 0 aliphatic heterocycles. The van der Waals surface area contributed by atoms with Gasteiger partial charge in [-0.25, -0.2) is 4.79 Å². The summed E-state index contributed by atoms with van der Waals surface area (Å²) in [5.74, 6) is 0.176. The Morgan fingerprint density at radius 1 is 1.67 bits per heavy atom. The molecule has 1 heterocycles. The van der Waals surface area contributed by atoms with E-state index < -0.39 is 5.76 Å². The summed E-state index contributed by atoms with van der Waals surface area (Å²) < 4.78 is 5.88. The number of aromatic nitrogens is 2. The van der Waals surface area contributed by atoms with E-state index in [9.17, 15) is 4.79 Å². The zero-order valence-corrected chi connectivity index (χ0v) is 6.99. The lowest BCUT2D eigenvalue weighted by molar-refractivity contribution is 0.376. The summed E-state index contributed by atoms with van der Waals surface area (Å²) in [6, 6.07) is 0. The third-order valence-electron chi connectivity index (χ3n) is 1.49. The molecule has 0 unspecified atom stereocenters. The second-order valence-electron chi connectivity index (χ2n) is 2.37. The van der Waals surface area contributed by atoms with Gasteiger partial charge in [0.05, 0.1) is 0 Å². The van der Waals surface area contributed by atoms with Crippen molar-refractivity contribution in [1.29, 1.82) is 0 Å². The molecule has 0 fully saturated rings. The second kappa shape index (κ2) is 3.90. The molecular formula is C8H11N2O2. The Morgan fingerprint density at radius 2 is 2.42 bits per heavy atom. The first-order chi connectivity index (χ1) is 5.75. The SMILES string of the molecule is [CH2]C/C=C\Cn1c(C)noc1=O. The fraction of sp³-hybridized carbons (Fsp3) is 0.375. The quantitative estimate of drug-likeness (QED) is 0.629. The molecule has 0 aliphatic carbocycles. The van der Waals surface area contributed by atoms with Crippen molar-refractivity contribution in [3.63, 3.8) is 0 Å². The van der Waals surface area contributed by atoms with Gasteiger partial charge in [-0.1, -0.05) is 17.3 Å². The molecule has 4 nitrogen and oxygen atoms in total. The van der Waals surface area contributed by atoms with Crippen molar-refractivity contribution >= 4 is 0 Å². The highest BCUT2D eigenvalue weighted by atomic mass is 16.5. The molecular weight excluding hydrogens is 156 g/mol. The number of rotatable bonds is 3. The van der Waals surface area contributed by atoms with Crippen LogP contribution in [0.1, 0.15) is 12.2 Å². The van der Waals surface area contributed by atoms with E-state index in [1.807, 2.05) is 12.2 Å². The molecule has 4 heteroatoms. The largest absolute Gasteiger partial charge is 0.441 e. The van der Waals surface area contributed by atoms with Gasteiger partial charge in [-0.15, -0.1) is 0 Å². The minimum absolute atomic E-state index is 0.416. The van der Waals surface area contributed by atoms with Crippen molar-refractivity contribution in [3.8, 4) is 0 Å². The number of allylic oxidation sites excluding steroid dienone is 2. The van der Waals surface area contributed by atoms with Crippen molar-refractivity contribution in [1.82, 2.24) is 9.72 Å². The van der Waals surface area contributed by atoms with Gasteiger partial charge in [0.1, 0.15) is 0 Å². The molecule has 0 aromatic carbocycles. The Hall–Kier alpha value is -1.32. The zero-order chi connectivity index (χ0) is 8.97. The lowest BCUT2D eigenvalue weighted by atomic mass is 10.4. The van der Waals surface area contributed by atoms with Crippen LogP contribution in [0.2, 0.25) is 0 Å². The van der Waals surface area contributed by atoms with E-state index in [2.05, 4.69) is 16.6 Å². The summed E-state index contributed by atoms with van der Waals surface area (Å²) in [4.78, 5) is 10.9. The first-order valence-corrected chi connectivity index (χ1v) is 3.73. The molecule has 0 amide bonds. The highest BCUT2D eigenvalue weighted by Gasteiger charge is 2.01. The van der Waals surface area contributed by atoms with E-state index in [1.165, 1.54) is 4.57 Å². The molecule has 0 saturated heterocycles. The number of nitrogens with zero attached hydrogens (tertiary/aromatic N) is 2. The minimum Gasteiger partial charge on any atom is -0.296 e. The summed E-state index contributed by atoms with van der Waals surface area (Å²) in [5, 5.41) is 3.52. The van der Waals surface area contributed by atoms with E-state index in [0.29, 0.717) is 12.4 Å². The van der Waals surface area contributed by atoms with Gasteiger partial charge in [0.25, 0.3) is 0 Å². The maximum atomic E-state index is 10.9. The van der Waals surface area contributed by atoms with Crippen LogP contribution in [0, 0.1) is 13.8 Å². The normalized spacial score (nSPS) is 11.2. The Balaban J connectivity index is 2.74. The summed E-state index contributed by atoms with van der Waals surface area (Å²) in [5.41, 5.74) is 0. The molecule has 0 saturated carbocycles. The summed E-state index contributed by atoms with van der Waals surface area (Å²) in [6.45, 7) is 5.86. The molecule has 0 bridgehead atoms. The number of aryl methyl sites for hydroxylation is 1. The van der Waals surface area contributed by atoms with Crippen molar-refractivity contribution < 1.29 is 4.52 Å². The fourth-order valence-corrected chi connectivity index (χ4v) is 0.840. The van der Waals surface area contributed by atoms with Gasteiger partial charge >= 0.3 is 5.76 Å². The predicted molar refractivity (Wildman–Crippen MR) is 44.6 cm³/mol. The van der Waals surface area contributed by atoms with Gasteiger partial charge < -0.3 is 0 Å². The first-order valence-electron chi connectivity index (χ1n) is 3.73. The molecule has 0 aliphatic rings. The summed E-state index contributed by atoms with van der Waals surface area (Å²) in [6.07, 6.45) is 4.47.